The second kappa shape index (κ2) is 9.06. The van der Waals surface area contributed by atoms with Crippen molar-refractivity contribution in [2.75, 3.05) is 36.4 Å². The SMILES string of the molecule is CCCN(CCC)C(=O)C1(C(=O)Nc2ccc(N(CC)CC)cc2)CC1. The Morgan fingerprint density at radius 3 is 1.92 bits per heavy atom. The Morgan fingerprint density at radius 2 is 1.50 bits per heavy atom. The molecule has 1 aromatic rings. The molecule has 5 heteroatoms. The second-order valence-corrected chi connectivity index (χ2v) is 7.05. The molecule has 0 atom stereocenters. The summed E-state index contributed by atoms with van der Waals surface area (Å²) >= 11 is 0. The fourth-order valence-corrected chi connectivity index (χ4v) is 3.42. The maximum Gasteiger partial charge on any atom is 0.240 e. The van der Waals surface area contributed by atoms with E-state index in [1.54, 1.807) is 0 Å². The molecule has 26 heavy (non-hydrogen) atoms. The van der Waals surface area contributed by atoms with E-state index >= 15 is 0 Å². The minimum Gasteiger partial charge on any atom is -0.372 e. The van der Waals surface area contributed by atoms with Gasteiger partial charge >= 0.3 is 0 Å². The zero-order chi connectivity index (χ0) is 19.2. The highest BCUT2D eigenvalue weighted by molar-refractivity contribution is 6.13. The minimum absolute atomic E-state index is 0.00142. The van der Waals surface area contributed by atoms with Crippen molar-refractivity contribution >= 4 is 23.2 Å². The van der Waals surface area contributed by atoms with E-state index in [0.717, 1.165) is 50.4 Å². The van der Waals surface area contributed by atoms with Crippen LogP contribution in [-0.2, 0) is 9.59 Å². The van der Waals surface area contributed by atoms with E-state index in [4.69, 9.17) is 0 Å². The molecule has 0 aromatic heterocycles. The lowest BCUT2D eigenvalue weighted by Gasteiger charge is -2.26. The normalized spacial score (nSPS) is 14.6. The first-order chi connectivity index (χ1) is 12.5. The highest BCUT2D eigenvalue weighted by Gasteiger charge is 2.57. The number of nitrogens with one attached hydrogen (secondary N) is 1. The zero-order valence-corrected chi connectivity index (χ0v) is 16.7. The highest BCUT2D eigenvalue weighted by Crippen LogP contribution is 2.48. The fourth-order valence-electron chi connectivity index (χ4n) is 3.42. The lowest BCUT2D eigenvalue weighted by Crippen LogP contribution is -2.43. The lowest BCUT2D eigenvalue weighted by atomic mass is 10.0. The van der Waals surface area contributed by atoms with E-state index in [1.165, 1.54) is 0 Å². The summed E-state index contributed by atoms with van der Waals surface area (Å²) < 4.78 is 0. The van der Waals surface area contributed by atoms with Crippen molar-refractivity contribution in [3.05, 3.63) is 24.3 Å². The molecule has 2 rings (SSSR count). The Kier molecular flexibility index (Phi) is 7.06. The number of anilines is 2. The molecule has 1 aliphatic rings. The maximum absolute atomic E-state index is 12.9. The Labute approximate surface area is 157 Å². The Balaban J connectivity index is 2.05. The number of carbonyl (C=O) groups excluding carboxylic acids is 2. The third-order valence-corrected chi connectivity index (χ3v) is 5.12. The molecule has 0 bridgehead atoms. The van der Waals surface area contributed by atoms with Crippen LogP contribution in [-0.4, -0.2) is 42.9 Å². The number of rotatable bonds is 10. The number of hydrogen-bond donors (Lipinski definition) is 1. The van der Waals surface area contributed by atoms with Gasteiger partial charge in [-0.15, -0.1) is 0 Å². The summed E-state index contributed by atoms with van der Waals surface area (Å²) in [6.45, 7) is 11.7. The fraction of sp³-hybridized carbons (Fsp3) is 0.619. The van der Waals surface area contributed by atoms with Crippen LogP contribution in [0.3, 0.4) is 0 Å². The molecule has 1 saturated carbocycles. The van der Waals surface area contributed by atoms with Crippen molar-refractivity contribution in [1.82, 2.24) is 4.90 Å². The number of benzene rings is 1. The van der Waals surface area contributed by atoms with E-state index in [9.17, 15) is 9.59 Å². The molecular formula is C21H33N3O2. The van der Waals surface area contributed by atoms with Crippen LogP contribution in [0.15, 0.2) is 24.3 Å². The predicted octanol–water partition coefficient (Wildman–Crippen LogP) is 3.90. The summed E-state index contributed by atoms with van der Waals surface area (Å²) in [4.78, 5) is 29.8. The van der Waals surface area contributed by atoms with Gasteiger partial charge in [0.05, 0.1) is 0 Å². The van der Waals surface area contributed by atoms with Gasteiger partial charge in [0, 0.05) is 37.6 Å². The molecular weight excluding hydrogens is 326 g/mol. The third kappa shape index (κ3) is 4.37. The van der Waals surface area contributed by atoms with Crippen molar-refractivity contribution in [3.63, 3.8) is 0 Å². The molecule has 0 saturated heterocycles. The van der Waals surface area contributed by atoms with Crippen LogP contribution in [0, 0.1) is 5.41 Å². The summed E-state index contributed by atoms with van der Waals surface area (Å²) in [6.07, 6.45) is 3.13. The van der Waals surface area contributed by atoms with E-state index < -0.39 is 5.41 Å². The molecule has 0 aliphatic heterocycles. The monoisotopic (exact) mass is 359 g/mol. The van der Waals surface area contributed by atoms with Gasteiger partial charge in [0.15, 0.2) is 0 Å². The largest absolute Gasteiger partial charge is 0.372 e. The number of hydrogen-bond acceptors (Lipinski definition) is 3. The molecule has 1 fully saturated rings. The van der Waals surface area contributed by atoms with Gasteiger partial charge in [-0.1, -0.05) is 13.8 Å². The predicted molar refractivity (Wildman–Crippen MR) is 107 cm³/mol. The van der Waals surface area contributed by atoms with Gasteiger partial charge in [0.2, 0.25) is 11.8 Å². The van der Waals surface area contributed by atoms with E-state index in [1.807, 2.05) is 29.2 Å². The quantitative estimate of drug-likeness (QED) is 0.645. The zero-order valence-electron chi connectivity index (χ0n) is 16.7. The first kappa shape index (κ1) is 20.3. The van der Waals surface area contributed by atoms with Crippen molar-refractivity contribution in [1.29, 1.82) is 0 Å². The lowest BCUT2D eigenvalue weighted by molar-refractivity contribution is -0.142. The van der Waals surface area contributed by atoms with Crippen molar-refractivity contribution < 1.29 is 9.59 Å². The van der Waals surface area contributed by atoms with Crippen LogP contribution in [0.4, 0.5) is 11.4 Å². The number of nitrogens with zero attached hydrogens (tertiary/aromatic N) is 2. The molecule has 0 heterocycles. The van der Waals surface area contributed by atoms with Crippen molar-refractivity contribution in [2.45, 2.75) is 53.4 Å². The summed E-state index contributed by atoms with van der Waals surface area (Å²) in [7, 11) is 0. The van der Waals surface area contributed by atoms with E-state index in [-0.39, 0.29) is 11.8 Å². The van der Waals surface area contributed by atoms with Crippen molar-refractivity contribution in [2.24, 2.45) is 5.41 Å². The van der Waals surface area contributed by atoms with Crippen LogP contribution in [0.5, 0.6) is 0 Å². The van der Waals surface area contributed by atoms with Crippen molar-refractivity contribution in [3.8, 4) is 0 Å². The molecule has 5 nitrogen and oxygen atoms in total. The Morgan fingerprint density at radius 1 is 0.962 bits per heavy atom. The first-order valence-corrected chi connectivity index (χ1v) is 9.98. The molecule has 1 N–H and O–H groups in total. The minimum atomic E-state index is -0.845. The van der Waals surface area contributed by atoms with Crippen LogP contribution < -0.4 is 10.2 Å². The topological polar surface area (TPSA) is 52.7 Å². The Bertz CT molecular complexity index is 598. The van der Waals surface area contributed by atoms with E-state index in [0.29, 0.717) is 12.8 Å². The smallest absolute Gasteiger partial charge is 0.240 e. The molecule has 1 aromatic carbocycles. The third-order valence-electron chi connectivity index (χ3n) is 5.12. The second-order valence-electron chi connectivity index (χ2n) is 7.05. The highest BCUT2D eigenvalue weighted by atomic mass is 16.2. The van der Waals surface area contributed by atoms with Crippen LogP contribution in [0.25, 0.3) is 0 Å². The summed E-state index contributed by atoms with van der Waals surface area (Å²) in [5, 5.41) is 2.96. The van der Waals surface area contributed by atoms with Gasteiger partial charge in [-0.25, -0.2) is 0 Å². The molecule has 0 spiro atoms. The average molecular weight is 360 g/mol. The van der Waals surface area contributed by atoms with Crippen LogP contribution in [0.2, 0.25) is 0 Å². The summed E-state index contributed by atoms with van der Waals surface area (Å²) in [5.74, 6) is -0.159. The molecule has 2 amide bonds. The molecule has 1 aliphatic carbocycles. The summed E-state index contributed by atoms with van der Waals surface area (Å²) in [5.41, 5.74) is 1.05. The summed E-state index contributed by atoms with van der Waals surface area (Å²) in [6, 6.07) is 7.87. The number of carbonyl (C=O) groups is 2. The van der Waals surface area contributed by atoms with Gasteiger partial charge in [-0.3, -0.25) is 9.59 Å². The molecule has 144 valence electrons. The van der Waals surface area contributed by atoms with Gasteiger partial charge in [0.25, 0.3) is 0 Å². The maximum atomic E-state index is 12.9. The molecule has 0 unspecified atom stereocenters. The van der Waals surface area contributed by atoms with Crippen LogP contribution >= 0.6 is 0 Å². The van der Waals surface area contributed by atoms with Gasteiger partial charge in [0.1, 0.15) is 5.41 Å². The molecule has 0 radical (unpaired) electrons. The standard InChI is InChI=1S/C21H33N3O2/c1-5-15-24(16-6-2)20(26)21(13-14-21)19(25)22-17-9-11-18(12-10-17)23(7-3)8-4/h9-12H,5-8,13-16H2,1-4H3,(H,22,25). The van der Waals surface area contributed by atoms with Gasteiger partial charge in [-0.05, 0) is 63.8 Å². The van der Waals surface area contributed by atoms with E-state index in [2.05, 4.69) is 37.9 Å². The average Bonchev–Trinajstić information content (AvgIpc) is 3.45. The Hall–Kier alpha value is -2.04. The van der Waals surface area contributed by atoms with Gasteiger partial charge in [-0.2, -0.15) is 0 Å². The first-order valence-electron chi connectivity index (χ1n) is 9.98. The van der Waals surface area contributed by atoms with Gasteiger partial charge < -0.3 is 15.1 Å². The number of amides is 2. The van der Waals surface area contributed by atoms with Crippen LogP contribution in [0.1, 0.15) is 53.4 Å².